The molecule has 0 aliphatic heterocycles. The van der Waals surface area contributed by atoms with Crippen LogP contribution in [0.3, 0.4) is 0 Å². The Morgan fingerprint density at radius 2 is 1.56 bits per heavy atom. The molecule has 0 heterocycles. The van der Waals surface area contributed by atoms with Crippen LogP contribution in [0.1, 0.15) is 17.2 Å². The van der Waals surface area contributed by atoms with Crippen LogP contribution in [0.4, 0.5) is 0 Å². The Balaban J connectivity index is 1.88. The average Bonchev–Trinajstić information content (AvgIpc) is 2.65. The van der Waals surface area contributed by atoms with Crippen molar-refractivity contribution in [3.05, 3.63) is 71.8 Å². The van der Waals surface area contributed by atoms with E-state index in [4.69, 9.17) is 4.74 Å². The monoisotopic (exact) mass is 341 g/mol. The molecule has 1 N–H and O–H groups in total. The molecule has 0 aliphatic rings. The van der Waals surface area contributed by atoms with E-state index in [0.29, 0.717) is 5.56 Å². The summed E-state index contributed by atoms with van der Waals surface area (Å²) in [6.45, 7) is -0.327. The van der Waals surface area contributed by atoms with E-state index >= 15 is 0 Å². The van der Waals surface area contributed by atoms with E-state index in [1.54, 1.807) is 30.3 Å². The Morgan fingerprint density at radius 1 is 0.960 bits per heavy atom. The van der Waals surface area contributed by atoms with Gasteiger partial charge in [-0.2, -0.15) is 0 Å². The summed E-state index contributed by atoms with van der Waals surface area (Å²) in [4.78, 5) is 35.7. The first kappa shape index (κ1) is 18.2. The van der Waals surface area contributed by atoms with Gasteiger partial charge in [-0.25, -0.2) is 4.79 Å². The molecule has 1 atom stereocenters. The highest BCUT2D eigenvalue weighted by molar-refractivity contribution is 5.85. The topological polar surface area (TPSA) is 81.7 Å². The summed E-state index contributed by atoms with van der Waals surface area (Å²) in [5.41, 5.74) is 1.34. The Morgan fingerprint density at radius 3 is 2.16 bits per heavy atom. The van der Waals surface area contributed by atoms with Crippen molar-refractivity contribution >= 4 is 17.8 Å². The Bertz CT molecular complexity index is 715. The molecule has 0 radical (unpaired) electrons. The van der Waals surface area contributed by atoms with Crippen LogP contribution < -0.4 is 5.32 Å². The lowest BCUT2D eigenvalue weighted by atomic mass is 10.1. The minimum atomic E-state index is -1.16. The SMILES string of the molecule is COC(=O)[C@H](OC(=O)CNC(=O)Cc1ccccc1)c1ccccc1. The summed E-state index contributed by atoms with van der Waals surface area (Å²) < 4.78 is 9.83. The minimum absolute atomic E-state index is 0.160. The van der Waals surface area contributed by atoms with Gasteiger partial charge in [-0.1, -0.05) is 60.7 Å². The lowest BCUT2D eigenvalue weighted by Gasteiger charge is -2.16. The third kappa shape index (κ3) is 5.76. The molecule has 0 spiro atoms. The van der Waals surface area contributed by atoms with E-state index in [0.717, 1.165) is 5.56 Å². The summed E-state index contributed by atoms with van der Waals surface area (Å²) in [5, 5.41) is 2.48. The van der Waals surface area contributed by atoms with Crippen LogP contribution in [0.2, 0.25) is 0 Å². The van der Waals surface area contributed by atoms with Gasteiger partial charge in [-0.15, -0.1) is 0 Å². The zero-order chi connectivity index (χ0) is 18.1. The highest BCUT2D eigenvalue weighted by atomic mass is 16.6. The fraction of sp³-hybridized carbons (Fsp3) is 0.211. The minimum Gasteiger partial charge on any atom is -0.466 e. The molecule has 0 aromatic heterocycles. The largest absolute Gasteiger partial charge is 0.466 e. The average molecular weight is 341 g/mol. The predicted octanol–water partition coefficient (Wildman–Crippen LogP) is 1.80. The number of ether oxygens (including phenoxy) is 2. The predicted molar refractivity (Wildman–Crippen MR) is 90.4 cm³/mol. The first-order valence-corrected chi connectivity index (χ1v) is 7.73. The molecule has 0 saturated heterocycles. The Hall–Kier alpha value is -3.15. The third-order valence-corrected chi connectivity index (χ3v) is 3.40. The highest BCUT2D eigenvalue weighted by Gasteiger charge is 2.25. The standard InChI is InChI=1S/C19H19NO5/c1-24-19(23)18(15-10-6-3-7-11-15)25-17(22)13-20-16(21)12-14-8-4-2-5-9-14/h2-11,18H,12-13H2,1H3,(H,20,21)/t18-/m1/s1. The zero-order valence-electron chi connectivity index (χ0n) is 13.8. The molecular weight excluding hydrogens is 322 g/mol. The van der Waals surface area contributed by atoms with E-state index in [-0.39, 0.29) is 18.9 Å². The van der Waals surface area contributed by atoms with Gasteiger partial charge in [0.25, 0.3) is 0 Å². The maximum Gasteiger partial charge on any atom is 0.351 e. The van der Waals surface area contributed by atoms with E-state index in [1.165, 1.54) is 7.11 Å². The fourth-order valence-electron chi connectivity index (χ4n) is 2.17. The van der Waals surface area contributed by atoms with Crippen molar-refractivity contribution in [2.75, 3.05) is 13.7 Å². The van der Waals surface area contributed by atoms with Gasteiger partial charge in [0, 0.05) is 5.56 Å². The molecule has 6 heteroatoms. The fourth-order valence-corrected chi connectivity index (χ4v) is 2.17. The normalized spacial score (nSPS) is 11.2. The number of rotatable bonds is 7. The van der Waals surface area contributed by atoms with Crippen LogP contribution in [-0.4, -0.2) is 31.5 Å². The number of benzene rings is 2. The summed E-state index contributed by atoms with van der Waals surface area (Å²) >= 11 is 0. The van der Waals surface area contributed by atoms with Crippen LogP contribution in [0.5, 0.6) is 0 Å². The van der Waals surface area contributed by atoms with Crippen molar-refractivity contribution in [1.29, 1.82) is 0 Å². The Kier molecular flexibility index (Phi) is 6.71. The number of amides is 1. The zero-order valence-corrected chi connectivity index (χ0v) is 13.8. The summed E-state index contributed by atoms with van der Waals surface area (Å²) in [6, 6.07) is 17.7. The molecular formula is C19H19NO5. The molecule has 2 rings (SSSR count). The molecule has 0 unspecified atom stereocenters. The molecule has 0 aliphatic carbocycles. The molecule has 25 heavy (non-hydrogen) atoms. The van der Waals surface area contributed by atoms with Gasteiger partial charge in [-0.3, -0.25) is 9.59 Å². The summed E-state index contributed by atoms with van der Waals surface area (Å²) in [6.07, 6.45) is -1.00. The van der Waals surface area contributed by atoms with Crippen molar-refractivity contribution in [2.45, 2.75) is 12.5 Å². The molecule has 1 amide bonds. The van der Waals surface area contributed by atoms with Crippen molar-refractivity contribution in [3.63, 3.8) is 0 Å². The lowest BCUT2D eigenvalue weighted by Crippen LogP contribution is -2.33. The molecule has 0 fully saturated rings. The highest BCUT2D eigenvalue weighted by Crippen LogP contribution is 2.18. The summed E-state index contributed by atoms with van der Waals surface area (Å²) in [5.74, 6) is -1.71. The van der Waals surface area contributed by atoms with E-state index < -0.39 is 18.0 Å². The second-order valence-electron chi connectivity index (χ2n) is 5.24. The van der Waals surface area contributed by atoms with E-state index in [2.05, 4.69) is 10.1 Å². The lowest BCUT2D eigenvalue weighted by molar-refractivity contribution is -0.166. The number of carbonyl (C=O) groups is 3. The molecule has 2 aromatic rings. The molecule has 0 bridgehead atoms. The van der Waals surface area contributed by atoms with Crippen LogP contribution in [0.25, 0.3) is 0 Å². The van der Waals surface area contributed by atoms with Gasteiger partial charge >= 0.3 is 11.9 Å². The second kappa shape index (κ2) is 9.22. The quantitative estimate of drug-likeness (QED) is 0.777. The van der Waals surface area contributed by atoms with Gasteiger partial charge < -0.3 is 14.8 Å². The maximum atomic E-state index is 12.0. The van der Waals surface area contributed by atoms with Crippen LogP contribution in [-0.2, 0) is 30.3 Å². The molecule has 130 valence electrons. The van der Waals surface area contributed by atoms with Gasteiger partial charge in [0.05, 0.1) is 13.5 Å². The van der Waals surface area contributed by atoms with E-state index in [1.807, 2.05) is 30.3 Å². The smallest absolute Gasteiger partial charge is 0.351 e. The van der Waals surface area contributed by atoms with Crippen LogP contribution in [0, 0.1) is 0 Å². The first-order chi connectivity index (χ1) is 12.1. The number of esters is 2. The van der Waals surface area contributed by atoms with Gasteiger partial charge in [0.2, 0.25) is 12.0 Å². The van der Waals surface area contributed by atoms with Crippen molar-refractivity contribution < 1.29 is 23.9 Å². The molecule has 0 saturated carbocycles. The Labute approximate surface area is 145 Å². The number of hydrogen-bond donors (Lipinski definition) is 1. The summed E-state index contributed by atoms with van der Waals surface area (Å²) in [7, 11) is 1.22. The maximum absolute atomic E-state index is 12.0. The third-order valence-electron chi connectivity index (χ3n) is 3.40. The van der Waals surface area contributed by atoms with Crippen LogP contribution in [0.15, 0.2) is 60.7 Å². The van der Waals surface area contributed by atoms with Crippen molar-refractivity contribution in [1.82, 2.24) is 5.32 Å². The van der Waals surface area contributed by atoms with Crippen molar-refractivity contribution in [2.24, 2.45) is 0 Å². The second-order valence-corrected chi connectivity index (χ2v) is 5.24. The number of nitrogens with one attached hydrogen (secondary N) is 1. The first-order valence-electron chi connectivity index (χ1n) is 7.73. The molecule has 2 aromatic carbocycles. The number of hydrogen-bond acceptors (Lipinski definition) is 5. The van der Waals surface area contributed by atoms with E-state index in [9.17, 15) is 14.4 Å². The van der Waals surface area contributed by atoms with Gasteiger partial charge in [-0.05, 0) is 5.56 Å². The number of methoxy groups -OCH3 is 1. The van der Waals surface area contributed by atoms with Gasteiger partial charge in [0.1, 0.15) is 6.54 Å². The van der Waals surface area contributed by atoms with Gasteiger partial charge in [0.15, 0.2) is 0 Å². The molecule has 6 nitrogen and oxygen atoms in total. The number of carbonyl (C=O) groups excluding carboxylic acids is 3. The van der Waals surface area contributed by atoms with Crippen molar-refractivity contribution in [3.8, 4) is 0 Å². The van der Waals surface area contributed by atoms with Crippen LogP contribution >= 0.6 is 0 Å².